The summed E-state index contributed by atoms with van der Waals surface area (Å²) < 4.78 is 27.3. The highest BCUT2D eigenvalue weighted by Gasteiger charge is 2.36. The molecule has 0 bridgehead atoms. The molecule has 1 aliphatic rings. The monoisotopic (exact) mass is 310 g/mol. The van der Waals surface area contributed by atoms with E-state index < -0.39 is 10.0 Å². The van der Waals surface area contributed by atoms with Gasteiger partial charge in [0, 0.05) is 18.8 Å². The molecular weight excluding hydrogens is 284 g/mol. The van der Waals surface area contributed by atoms with E-state index in [4.69, 9.17) is 5.73 Å². The van der Waals surface area contributed by atoms with Crippen molar-refractivity contribution >= 4 is 15.7 Å². The molecule has 1 heterocycles. The van der Waals surface area contributed by atoms with Gasteiger partial charge >= 0.3 is 0 Å². The zero-order valence-electron chi connectivity index (χ0n) is 13.2. The average Bonchev–Trinajstić information content (AvgIpc) is 2.49. The van der Waals surface area contributed by atoms with Crippen LogP contribution in [0.25, 0.3) is 0 Å². The number of nitrogens with two attached hydrogens (primary N) is 1. The van der Waals surface area contributed by atoms with Crippen LogP contribution >= 0.6 is 0 Å². The summed E-state index contributed by atoms with van der Waals surface area (Å²) in [6.45, 7) is 7.45. The third kappa shape index (κ3) is 3.09. The molecule has 1 fully saturated rings. The van der Waals surface area contributed by atoms with Gasteiger partial charge in [-0.1, -0.05) is 32.8 Å². The number of nitrogens with zero attached hydrogens (tertiary/aromatic N) is 1. The van der Waals surface area contributed by atoms with Crippen LogP contribution in [0.4, 0.5) is 5.69 Å². The van der Waals surface area contributed by atoms with E-state index in [-0.39, 0.29) is 0 Å². The van der Waals surface area contributed by atoms with E-state index in [0.29, 0.717) is 29.1 Å². The van der Waals surface area contributed by atoms with E-state index in [2.05, 4.69) is 13.8 Å². The first kappa shape index (κ1) is 16.3. The molecule has 0 spiro atoms. The number of hydrogen-bond acceptors (Lipinski definition) is 3. The van der Waals surface area contributed by atoms with Crippen LogP contribution in [0.5, 0.6) is 0 Å². The second-order valence-electron chi connectivity index (χ2n) is 6.14. The zero-order chi connectivity index (χ0) is 15.7. The molecule has 4 nitrogen and oxygen atoms in total. The first-order chi connectivity index (χ1) is 9.84. The highest BCUT2D eigenvalue weighted by molar-refractivity contribution is 7.89. The number of sulfonamides is 1. The van der Waals surface area contributed by atoms with Crippen molar-refractivity contribution in [2.24, 2.45) is 5.41 Å². The average molecular weight is 310 g/mol. The van der Waals surface area contributed by atoms with Crippen molar-refractivity contribution in [3.8, 4) is 0 Å². The molecule has 0 radical (unpaired) electrons. The van der Waals surface area contributed by atoms with Gasteiger partial charge in [-0.25, -0.2) is 8.42 Å². The number of aryl methyl sites for hydroxylation is 1. The minimum atomic E-state index is -3.43. The lowest BCUT2D eigenvalue weighted by molar-refractivity contribution is 0.141. The minimum Gasteiger partial charge on any atom is -0.399 e. The number of piperidine rings is 1. The molecule has 2 rings (SSSR count). The molecule has 0 amide bonds. The number of rotatable bonds is 4. The Kier molecular flexibility index (Phi) is 4.63. The Bertz CT molecular complexity index is 597. The van der Waals surface area contributed by atoms with Crippen molar-refractivity contribution in [2.75, 3.05) is 18.8 Å². The van der Waals surface area contributed by atoms with Crippen LogP contribution in [0.1, 0.15) is 45.1 Å². The standard InChI is InChI=1S/C16H26N2O2S/c1-4-16(5-2)8-10-18(11-9-16)21(19,20)15-12-14(17)7-6-13(15)3/h6-7,12H,4-5,8-11,17H2,1-3H3. The van der Waals surface area contributed by atoms with Crippen LogP contribution in [-0.4, -0.2) is 25.8 Å². The molecule has 118 valence electrons. The molecule has 0 unspecified atom stereocenters. The Morgan fingerprint density at radius 1 is 1.19 bits per heavy atom. The summed E-state index contributed by atoms with van der Waals surface area (Å²) in [5.74, 6) is 0. The first-order valence-corrected chi connectivity index (χ1v) is 9.15. The van der Waals surface area contributed by atoms with Crippen LogP contribution in [-0.2, 0) is 10.0 Å². The normalized spacial score (nSPS) is 19.6. The smallest absolute Gasteiger partial charge is 0.243 e. The Morgan fingerprint density at radius 2 is 1.76 bits per heavy atom. The van der Waals surface area contributed by atoms with E-state index in [1.807, 2.05) is 6.92 Å². The van der Waals surface area contributed by atoms with Gasteiger partial charge in [0.15, 0.2) is 0 Å². The third-order valence-corrected chi connectivity index (χ3v) is 7.15. The van der Waals surface area contributed by atoms with Crippen LogP contribution in [0.15, 0.2) is 23.1 Å². The predicted octanol–water partition coefficient (Wildman–Crippen LogP) is 3.17. The van der Waals surface area contributed by atoms with Gasteiger partial charge in [0.1, 0.15) is 0 Å². The minimum absolute atomic E-state index is 0.316. The molecule has 1 aliphatic heterocycles. The Morgan fingerprint density at radius 3 is 2.29 bits per heavy atom. The van der Waals surface area contributed by atoms with Crippen molar-refractivity contribution in [3.63, 3.8) is 0 Å². The molecule has 1 aromatic rings. The summed E-state index contributed by atoms with van der Waals surface area (Å²) in [4.78, 5) is 0.350. The van der Waals surface area contributed by atoms with Crippen molar-refractivity contribution in [1.29, 1.82) is 0 Å². The molecule has 5 heteroatoms. The maximum Gasteiger partial charge on any atom is 0.243 e. The summed E-state index contributed by atoms with van der Waals surface area (Å²) in [7, 11) is -3.43. The molecule has 0 saturated carbocycles. The van der Waals surface area contributed by atoms with Gasteiger partial charge in [-0.15, -0.1) is 0 Å². The van der Waals surface area contributed by atoms with E-state index in [9.17, 15) is 8.42 Å². The largest absolute Gasteiger partial charge is 0.399 e. The maximum atomic E-state index is 12.8. The number of nitrogen functional groups attached to an aromatic ring is 1. The van der Waals surface area contributed by atoms with Crippen LogP contribution in [0.2, 0.25) is 0 Å². The van der Waals surface area contributed by atoms with Crippen LogP contribution in [0.3, 0.4) is 0 Å². The Labute approximate surface area is 128 Å². The molecule has 2 N–H and O–H groups in total. The summed E-state index contributed by atoms with van der Waals surface area (Å²) >= 11 is 0. The lowest BCUT2D eigenvalue weighted by Crippen LogP contribution is -2.42. The molecule has 1 saturated heterocycles. The first-order valence-electron chi connectivity index (χ1n) is 7.71. The predicted molar refractivity (Wildman–Crippen MR) is 86.6 cm³/mol. The Hall–Kier alpha value is -1.07. The SMILES string of the molecule is CCC1(CC)CCN(S(=O)(=O)c2cc(N)ccc2C)CC1. The molecule has 0 aromatic heterocycles. The highest BCUT2D eigenvalue weighted by atomic mass is 32.2. The van der Waals surface area contributed by atoms with E-state index in [1.165, 1.54) is 0 Å². The fourth-order valence-corrected chi connectivity index (χ4v) is 4.89. The fourth-order valence-electron chi connectivity index (χ4n) is 3.19. The van der Waals surface area contributed by atoms with Gasteiger partial charge in [-0.3, -0.25) is 0 Å². The lowest BCUT2D eigenvalue weighted by atomic mass is 9.75. The molecule has 21 heavy (non-hydrogen) atoms. The quantitative estimate of drug-likeness (QED) is 0.869. The zero-order valence-corrected chi connectivity index (χ0v) is 14.0. The van der Waals surface area contributed by atoms with Crippen molar-refractivity contribution in [3.05, 3.63) is 23.8 Å². The lowest BCUT2D eigenvalue weighted by Gasteiger charge is -2.40. The summed E-state index contributed by atoms with van der Waals surface area (Å²) in [5.41, 5.74) is 7.32. The number of benzene rings is 1. The summed E-state index contributed by atoms with van der Waals surface area (Å²) in [6, 6.07) is 5.09. The maximum absolute atomic E-state index is 12.8. The van der Waals surface area contributed by atoms with Gasteiger partial charge in [0.2, 0.25) is 10.0 Å². The topological polar surface area (TPSA) is 63.4 Å². The van der Waals surface area contributed by atoms with Gasteiger partial charge in [-0.05, 0) is 42.9 Å². The van der Waals surface area contributed by atoms with Crippen molar-refractivity contribution < 1.29 is 8.42 Å². The van der Waals surface area contributed by atoms with Crippen molar-refractivity contribution in [2.45, 2.75) is 51.3 Å². The van der Waals surface area contributed by atoms with E-state index >= 15 is 0 Å². The van der Waals surface area contributed by atoms with Gasteiger partial charge in [-0.2, -0.15) is 4.31 Å². The second kappa shape index (κ2) is 5.97. The fraction of sp³-hybridized carbons (Fsp3) is 0.625. The third-order valence-electron chi connectivity index (χ3n) is 5.11. The number of anilines is 1. The van der Waals surface area contributed by atoms with Gasteiger partial charge < -0.3 is 5.73 Å². The molecule has 0 atom stereocenters. The van der Waals surface area contributed by atoms with E-state index in [1.54, 1.807) is 22.5 Å². The highest BCUT2D eigenvalue weighted by Crippen LogP contribution is 2.39. The van der Waals surface area contributed by atoms with Crippen molar-refractivity contribution in [1.82, 2.24) is 4.31 Å². The molecule has 0 aliphatic carbocycles. The van der Waals surface area contributed by atoms with Crippen LogP contribution < -0.4 is 5.73 Å². The molecule has 1 aromatic carbocycles. The van der Waals surface area contributed by atoms with Gasteiger partial charge in [0.25, 0.3) is 0 Å². The van der Waals surface area contributed by atoms with Crippen LogP contribution in [0, 0.1) is 12.3 Å². The molecular formula is C16H26N2O2S. The Balaban J connectivity index is 2.24. The number of hydrogen-bond donors (Lipinski definition) is 1. The van der Waals surface area contributed by atoms with Gasteiger partial charge in [0.05, 0.1) is 4.90 Å². The summed E-state index contributed by atoms with van der Waals surface area (Å²) in [5, 5.41) is 0. The second-order valence-corrected chi connectivity index (χ2v) is 8.04. The van der Waals surface area contributed by atoms with E-state index in [0.717, 1.165) is 31.2 Å². The summed E-state index contributed by atoms with van der Waals surface area (Å²) in [6.07, 6.45) is 4.13.